The Hall–Kier alpha value is -3.13. The van der Waals surface area contributed by atoms with E-state index in [0.717, 1.165) is 14.7 Å². The molecular weight excluding hydrogens is 372 g/mol. The van der Waals surface area contributed by atoms with E-state index in [9.17, 15) is 19.2 Å². The number of rotatable bonds is 7. The lowest BCUT2D eigenvalue weighted by atomic mass is 10.2. The molecule has 2 rings (SSSR count). The van der Waals surface area contributed by atoms with Gasteiger partial charge < -0.3 is 5.32 Å². The molecule has 0 spiro atoms. The molecule has 27 heavy (non-hydrogen) atoms. The summed E-state index contributed by atoms with van der Waals surface area (Å²) in [5.74, 6) is -0.603. The zero-order valence-corrected chi connectivity index (χ0v) is 15.5. The van der Waals surface area contributed by atoms with Gasteiger partial charge in [-0.15, -0.1) is 13.2 Å². The van der Waals surface area contributed by atoms with Gasteiger partial charge in [-0.2, -0.15) is 0 Å². The van der Waals surface area contributed by atoms with Gasteiger partial charge in [-0.1, -0.05) is 29.8 Å². The second-order valence-electron chi connectivity index (χ2n) is 5.74. The van der Waals surface area contributed by atoms with E-state index in [1.807, 2.05) is 0 Å². The number of aromatic nitrogens is 3. The Morgan fingerprint density at radius 3 is 2.07 bits per heavy atom. The van der Waals surface area contributed by atoms with Crippen molar-refractivity contribution >= 4 is 23.2 Å². The summed E-state index contributed by atoms with van der Waals surface area (Å²) in [5, 5.41) is 3.04. The number of nitrogens with one attached hydrogen (secondary N) is 1. The number of allylic oxidation sites excluding steroid dienone is 2. The molecule has 142 valence electrons. The molecule has 0 atom stereocenters. The minimum absolute atomic E-state index is 0.0931. The number of benzene rings is 1. The van der Waals surface area contributed by atoms with Crippen LogP contribution in [0.1, 0.15) is 5.56 Å². The first-order valence-electron chi connectivity index (χ1n) is 8.02. The maximum atomic E-state index is 12.5. The maximum Gasteiger partial charge on any atom is 0.337 e. The number of carbonyl (C=O) groups excluding carboxylic acids is 1. The second-order valence-corrected chi connectivity index (χ2v) is 6.18. The first-order valence-corrected chi connectivity index (χ1v) is 8.40. The molecule has 8 nitrogen and oxygen atoms in total. The van der Waals surface area contributed by atoms with Gasteiger partial charge >= 0.3 is 17.1 Å². The van der Waals surface area contributed by atoms with Crippen LogP contribution in [0.2, 0.25) is 5.02 Å². The largest absolute Gasteiger partial charge is 0.337 e. The molecule has 0 aliphatic carbocycles. The molecule has 1 N–H and O–H groups in total. The molecule has 0 fully saturated rings. The number of anilines is 1. The van der Waals surface area contributed by atoms with Crippen LogP contribution in [0.3, 0.4) is 0 Å². The summed E-state index contributed by atoms with van der Waals surface area (Å²) in [4.78, 5) is 49.7. The van der Waals surface area contributed by atoms with E-state index in [-0.39, 0.29) is 13.1 Å². The molecular formula is C18H19ClN4O4. The SMILES string of the molecule is C=CCn1c(=O)n(CC=C)c(=O)n(CC(=O)Nc2cc(Cl)ccc2C)c1=O. The van der Waals surface area contributed by atoms with Crippen molar-refractivity contribution in [1.29, 1.82) is 0 Å². The van der Waals surface area contributed by atoms with Gasteiger partial charge in [0.2, 0.25) is 5.91 Å². The summed E-state index contributed by atoms with van der Waals surface area (Å²) in [7, 11) is 0. The Kier molecular flexibility index (Phi) is 6.36. The molecule has 2 aromatic rings. The van der Waals surface area contributed by atoms with Crippen LogP contribution >= 0.6 is 11.6 Å². The van der Waals surface area contributed by atoms with Crippen LogP contribution in [0.4, 0.5) is 5.69 Å². The number of nitrogens with zero attached hydrogens (tertiary/aromatic N) is 3. The molecule has 0 saturated heterocycles. The molecule has 1 amide bonds. The normalized spacial score (nSPS) is 10.4. The summed E-state index contributed by atoms with van der Waals surface area (Å²) >= 11 is 5.92. The topological polar surface area (TPSA) is 95.1 Å². The molecule has 0 radical (unpaired) electrons. The molecule has 1 aromatic carbocycles. The number of aryl methyl sites for hydroxylation is 1. The summed E-state index contributed by atoms with van der Waals surface area (Å²) in [6.07, 6.45) is 2.70. The van der Waals surface area contributed by atoms with Crippen molar-refractivity contribution in [2.24, 2.45) is 0 Å². The average molecular weight is 391 g/mol. The molecule has 9 heteroatoms. The highest BCUT2D eigenvalue weighted by Gasteiger charge is 2.17. The second kappa shape index (κ2) is 8.50. The van der Waals surface area contributed by atoms with Crippen LogP contribution in [0.5, 0.6) is 0 Å². The smallest absolute Gasteiger partial charge is 0.324 e. The van der Waals surface area contributed by atoms with Gasteiger partial charge in [0.25, 0.3) is 0 Å². The van der Waals surface area contributed by atoms with Crippen LogP contribution < -0.4 is 22.4 Å². The molecule has 0 unspecified atom stereocenters. The number of hydrogen-bond donors (Lipinski definition) is 1. The lowest BCUT2D eigenvalue weighted by Crippen LogP contribution is -2.55. The highest BCUT2D eigenvalue weighted by molar-refractivity contribution is 6.31. The van der Waals surface area contributed by atoms with Crippen LogP contribution in [0.15, 0.2) is 57.9 Å². The zero-order valence-electron chi connectivity index (χ0n) is 14.8. The number of carbonyl (C=O) groups is 1. The van der Waals surface area contributed by atoms with E-state index in [1.165, 1.54) is 12.2 Å². The minimum atomic E-state index is -0.886. The fourth-order valence-corrected chi connectivity index (χ4v) is 2.62. The van der Waals surface area contributed by atoms with Gasteiger partial charge in [0.15, 0.2) is 0 Å². The van der Waals surface area contributed by atoms with Crippen LogP contribution in [-0.4, -0.2) is 19.6 Å². The van der Waals surface area contributed by atoms with Gasteiger partial charge in [0, 0.05) is 10.7 Å². The van der Waals surface area contributed by atoms with Crippen molar-refractivity contribution in [3.05, 3.63) is 85.5 Å². The highest BCUT2D eigenvalue weighted by atomic mass is 35.5. The van der Waals surface area contributed by atoms with Crippen molar-refractivity contribution < 1.29 is 4.79 Å². The Balaban J connectivity index is 2.47. The van der Waals surface area contributed by atoms with E-state index in [2.05, 4.69) is 18.5 Å². The lowest BCUT2D eigenvalue weighted by Gasteiger charge is -2.13. The fourth-order valence-electron chi connectivity index (χ4n) is 2.45. The van der Waals surface area contributed by atoms with E-state index >= 15 is 0 Å². The van der Waals surface area contributed by atoms with Crippen LogP contribution in [0, 0.1) is 6.92 Å². The third-order valence-electron chi connectivity index (χ3n) is 3.78. The van der Waals surface area contributed by atoms with Crippen LogP contribution in [-0.2, 0) is 24.4 Å². The summed E-state index contributed by atoms with van der Waals surface area (Å²) < 4.78 is 2.36. The lowest BCUT2D eigenvalue weighted by molar-refractivity contribution is -0.116. The van der Waals surface area contributed by atoms with Crippen molar-refractivity contribution in [2.75, 3.05) is 5.32 Å². The molecule has 1 aromatic heterocycles. The molecule has 0 aliphatic heterocycles. The van der Waals surface area contributed by atoms with Gasteiger partial charge in [-0.3, -0.25) is 4.79 Å². The average Bonchev–Trinajstić information content (AvgIpc) is 2.62. The Bertz CT molecular complexity index is 1030. The maximum absolute atomic E-state index is 12.5. The summed E-state index contributed by atoms with van der Waals surface area (Å²) in [6, 6.07) is 4.97. The van der Waals surface area contributed by atoms with Crippen molar-refractivity contribution in [3.63, 3.8) is 0 Å². The van der Waals surface area contributed by atoms with Gasteiger partial charge in [-0.25, -0.2) is 28.1 Å². The first-order chi connectivity index (χ1) is 12.8. The predicted octanol–water partition coefficient (Wildman–Crippen LogP) is 1.14. The fraction of sp³-hybridized carbons (Fsp3) is 0.222. The van der Waals surface area contributed by atoms with Crippen molar-refractivity contribution in [3.8, 4) is 0 Å². The van der Waals surface area contributed by atoms with E-state index in [0.29, 0.717) is 15.3 Å². The van der Waals surface area contributed by atoms with E-state index in [1.54, 1.807) is 25.1 Å². The van der Waals surface area contributed by atoms with Gasteiger partial charge in [0.05, 0.1) is 13.1 Å². The minimum Gasteiger partial charge on any atom is -0.324 e. The molecule has 0 bridgehead atoms. The van der Waals surface area contributed by atoms with Crippen LogP contribution in [0.25, 0.3) is 0 Å². The quantitative estimate of drug-likeness (QED) is 0.717. The van der Waals surface area contributed by atoms with E-state index < -0.39 is 29.5 Å². The van der Waals surface area contributed by atoms with Gasteiger partial charge in [-0.05, 0) is 24.6 Å². The summed E-state index contributed by atoms with van der Waals surface area (Å²) in [6.45, 7) is 8.02. The van der Waals surface area contributed by atoms with E-state index in [4.69, 9.17) is 11.6 Å². The third kappa shape index (κ3) is 4.35. The summed E-state index contributed by atoms with van der Waals surface area (Å²) in [5.41, 5.74) is -1.33. The number of hydrogen-bond acceptors (Lipinski definition) is 4. The molecule has 0 saturated carbocycles. The Morgan fingerprint density at radius 1 is 1.04 bits per heavy atom. The standard InChI is InChI=1S/C18H19ClN4O4/c1-4-8-21-16(25)22(9-5-2)18(27)23(17(21)26)11-15(24)20-14-10-13(19)7-6-12(14)3/h4-7,10H,1-2,8-9,11H2,3H3,(H,20,24). The first kappa shape index (κ1) is 20.2. The number of amides is 1. The predicted molar refractivity (Wildman–Crippen MR) is 104 cm³/mol. The van der Waals surface area contributed by atoms with Crippen molar-refractivity contribution in [1.82, 2.24) is 13.7 Å². The number of halogens is 1. The highest BCUT2D eigenvalue weighted by Crippen LogP contribution is 2.19. The van der Waals surface area contributed by atoms with Crippen molar-refractivity contribution in [2.45, 2.75) is 26.6 Å². The Morgan fingerprint density at radius 2 is 1.56 bits per heavy atom. The van der Waals surface area contributed by atoms with Gasteiger partial charge in [0.1, 0.15) is 6.54 Å². The molecule has 0 aliphatic rings. The third-order valence-corrected chi connectivity index (χ3v) is 4.02. The monoisotopic (exact) mass is 390 g/mol. The zero-order chi connectivity index (χ0) is 20.1. The Labute approximate surface area is 159 Å². The molecule has 1 heterocycles.